The summed E-state index contributed by atoms with van der Waals surface area (Å²) in [7, 11) is -1.99. The van der Waals surface area contributed by atoms with Crippen molar-refractivity contribution in [1.82, 2.24) is 19.8 Å². The van der Waals surface area contributed by atoms with Gasteiger partial charge in [-0.3, -0.25) is 4.90 Å². The number of morpholine rings is 1. The average Bonchev–Trinajstić information content (AvgIpc) is 3.22. The summed E-state index contributed by atoms with van der Waals surface area (Å²) in [6.07, 6.45) is 1.14. The molecular weight excluding hydrogens is 505 g/mol. The lowest BCUT2D eigenvalue weighted by Crippen LogP contribution is -2.46. The van der Waals surface area contributed by atoms with Crippen LogP contribution < -0.4 is 10.0 Å². The van der Waals surface area contributed by atoms with Crippen LogP contribution in [0.4, 0.5) is 0 Å². The van der Waals surface area contributed by atoms with E-state index in [2.05, 4.69) is 26.8 Å². The van der Waals surface area contributed by atoms with Crippen molar-refractivity contribution in [2.24, 2.45) is 4.99 Å². The molecule has 0 amide bonds. The first-order chi connectivity index (χ1) is 13.5. The van der Waals surface area contributed by atoms with Crippen LogP contribution in [0.2, 0.25) is 0 Å². The zero-order valence-electron chi connectivity index (χ0n) is 17.1. The molecule has 0 saturated carbocycles. The lowest BCUT2D eigenvalue weighted by Gasteiger charge is -2.32. The standard InChI is InChI=1S/C19H31N5O3S.HI/c1-3-21-19(24-9-8-17(15-24)23-10-12-27-13-11-23)22-14-16-4-6-18(7-5-16)28(25,26)20-2;/h4-7,17,20H,3,8-15H2,1-2H3,(H,21,22);1H. The fourth-order valence-corrected chi connectivity index (χ4v) is 4.39. The van der Waals surface area contributed by atoms with Crippen molar-refractivity contribution in [3.63, 3.8) is 0 Å². The van der Waals surface area contributed by atoms with Crippen molar-refractivity contribution in [3.8, 4) is 0 Å². The summed E-state index contributed by atoms with van der Waals surface area (Å²) in [5, 5.41) is 3.39. The van der Waals surface area contributed by atoms with Gasteiger partial charge in [0, 0.05) is 38.8 Å². The Bertz CT molecular complexity index is 767. The van der Waals surface area contributed by atoms with Gasteiger partial charge in [0.1, 0.15) is 0 Å². The maximum Gasteiger partial charge on any atom is 0.240 e. The Hall–Kier alpha value is -0.950. The van der Waals surface area contributed by atoms with Gasteiger partial charge in [0.05, 0.1) is 24.7 Å². The van der Waals surface area contributed by atoms with Gasteiger partial charge in [-0.15, -0.1) is 24.0 Å². The molecule has 29 heavy (non-hydrogen) atoms. The monoisotopic (exact) mass is 537 g/mol. The van der Waals surface area contributed by atoms with Gasteiger partial charge in [0.15, 0.2) is 5.96 Å². The van der Waals surface area contributed by atoms with Crippen LogP contribution >= 0.6 is 24.0 Å². The fourth-order valence-electron chi connectivity index (χ4n) is 3.66. The highest BCUT2D eigenvalue weighted by Crippen LogP contribution is 2.17. The van der Waals surface area contributed by atoms with E-state index in [0.717, 1.165) is 63.9 Å². The molecule has 0 aliphatic carbocycles. The fraction of sp³-hybridized carbons (Fsp3) is 0.632. The molecule has 2 aliphatic rings. The molecule has 2 N–H and O–H groups in total. The van der Waals surface area contributed by atoms with Crippen LogP contribution in [0.1, 0.15) is 18.9 Å². The van der Waals surface area contributed by atoms with E-state index >= 15 is 0 Å². The van der Waals surface area contributed by atoms with Crippen molar-refractivity contribution in [2.75, 3.05) is 53.0 Å². The maximum atomic E-state index is 11.8. The van der Waals surface area contributed by atoms with E-state index in [1.807, 2.05) is 12.1 Å². The highest BCUT2D eigenvalue weighted by Gasteiger charge is 2.30. The van der Waals surface area contributed by atoms with Gasteiger partial charge in [-0.05, 0) is 38.1 Å². The molecule has 10 heteroatoms. The largest absolute Gasteiger partial charge is 0.379 e. The minimum absolute atomic E-state index is 0. The molecule has 8 nitrogen and oxygen atoms in total. The van der Waals surface area contributed by atoms with Gasteiger partial charge >= 0.3 is 0 Å². The van der Waals surface area contributed by atoms with Crippen LogP contribution in [0.25, 0.3) is 0 Å². The molecule has 2 heterocycles. The summed E-state index contributed by atoms with van der Waals surface area (Å²) >= 11 is 0. The highest BCUT2D eigenvalue weighted by atomic mass is 127. The maximum absolute atomic E-state index is 11.8. The Morgan fingerprint density at radius 3 is 2.52 bits per heavy atom. The van der Waals surface area contributed by atoms with Crippen molar-refractivity contribution < 1.29 is 13.2 Å². The lowest BCUT2D eigenvalue weighted by molar-refractivity contribution is 0.0195. The third-order valence-electron chi connectivity index (χ3n) is 5.27. The van der Waals surface area contributed by atoms with Crippen molar-refractivity contribution in [2.45, 2.75) is 30.8 Å². The first-order valence-electron chi connectivity index (χ1n) is 9.91. The van der Waals surface area contributed by atoms with E-state index in [4.69, 9.17) is 9.73 Å². The molecule has 2 saturated heterocycles. The van der Waals surface area contributed by atoms with Crippen molar-refractivity contribution >= 4 is 40.0 Å². The Kier molecular flexibility index (Phi) is 9.60. The third kappa shape index (κ3) is 6.51. The second-order valence-corrected chi connectivity index (χ2v) is 8.95. The van der Waals surface area contributed by atoms with E-state index in [1.165, 1.54) is 7.05 Å². The number of hydrogen-bond donors (Lipinski definition) is 2. The van der Waals surface area contributed by atoms with Crippen molar-refractivity contribution in [3.05, 3.63) is 29.8 Å². The molecular formula is C19H32IN5O3S. The molecule has 164 valence electrons. The van der Waals surface area contributed by atoms with E-state index in [-0.39, 0.29) is 28.9 Å². The molecule has 3 rings (SSSR count). The van der Waals surface area contributed by atoms with Crippen LogP contribution in [0.5, 0.6) is 0 Å². The predicted molar refractivity (Wildman–Crippen MR) is 125 cm³/mol. The molecule has 0 radical (unpaired) electrons. The Balaban J connectivity index is 0.00000300. The van der Waals surface area contributed by atoms with Gasteiger partial charge in [0.2, 0.25) is 10.0 Å². The van der Waals surface area contributed by atoms with E-state index in [1.54, 1.807) is 12.1 Å². The van der Waals surface area contributed by atoms with E-state index in [9.17, 15) is 8.42 Å². The van der Waals surface area contributed by atoms with Crippen LogP contribution in [-0.4, -0.2) is 83.2 Å². The van der Waals surface area contributed by atoms with Crippen LogP contribution in [-0.2, 0) is 21.3 Å². The normalized spacial score (nSPS) is 21.1. The SMILES string of the molecule is CCNC(=NCc1ccc(S(=O)(=O)NC)cc1)N1CCC(N2CCOCC2)C1.I. The number of aliphatic imine (C=N–C) groups is 1. The van der Waals surface area contributed by atoms with E-state index < -0.39 is 10.0 Å². The second-order valence-electron chi connectivity index (χ2n) is 7.06. The predicted octanol–water partition coefficient (Wildman–Crippen LogP) is 1.08. The molecule has 1 aromatic rings. The molecule has 1 unspecified atom stereocenters. The lowest BCUT2D eigenvalue weighted by atomic mass is 10.2. The second kappa shape index (κ2) is 11.4. The van der Waals surface area contributed by atoms with Crippen LogP contribution in [0, 0.1) is 0 Å². The Morgan fingerprint density at radius 1 is 1.21 bits per heavy atom. The zero-order chi connectivity index (χ0) is 20.0. The number of guanidine groups is 1. The summed E-state index contributed by atoms with van der Waals surface area (Å²) in [4.78, 5) is 9.89. The van der Waals surface area contributed by atoms with Gasteiger partial charge in [0.25, 0.3) is 0 Å². The summed E-state index contributed by atoms with van der Waals surface area (Å²) in [6.45, 7) is 9.04. The molecule has 2 fully saturated rings. The number of likely N-dealkylation sites (tertiary alicyclic amines) is 1. The first kappa shape index (κ1) is 24.3. The van der Waals surface area contributed by atoms with Gasteiger partial charge < -0.3 is 15.0 Å². The van der Waals surface area contributed by atoms with Crippen molar-refractivity contribution in [1.29, 1.82) is 0 Å². The quantitative estimate of drug-likeness (QED) is 0.321. The molecule has 0 bridgehead atoms. The summed E-state index contributed by atoms with van der Waals surface area (Å²) in [6, 6.07) is 7.43. The Morgan fingerprint density at radius 2 is 1.90 bits per heavy atom. The zero-order valence-corrected chi connectivity index (χ0v) is 20.3. The molecule has 0 aromatic heterocycles. The molecule has 1 atom stereocenters. The average molecular weight is 537 g/mol. The van der Waals surface area contributed by atoms with Gasteiger partial charge in [-0.1, -0.05) is 12.1 Å². The summed E-state index contributed by atoms with van der Waals surface area (Å²) < 4.78 is 31.5. The number of nitrogens with one attached hydrogen (secondary N) is 2. The summed E-state index contributed by atoms with van der Waals surface area (Å²) in [5.41, 5.74) is 0.981. The number of benzene rings is 1. The number of rotatable bonds is 6. The first-order valence-corrected chi connectivity index (χ1v) is 11.4. The van der Waals surface area contributed by atoms with E-state index in [0.29, 0.717) is 12.6 Å². The van der Waals surface area contributed by atoms with Crippen LogP contribution in [0.3, 0.4) is 0 Å². The number of sulfonamides is 1. The third-order valence-corrected chi connectivity index (χ3v) is 6.70. The van der Waals surface area contributed by atoms with Gasteiger partial charge in [-0.2, -0.15) is 0 Å². The minimum Gasteiger partial charge on any atom is -0.379 e. The molecule has 1 aromatic carbocycles. The minimum atomic E-state index is -3.40. The smallest absolute Gasteiger partial charge is 0.240 e. The number of ether oxygens (including phenoxy) is 1. The summed E-state index contributed by atoms with van der Waals surface area (Å²) in [5.74, 6) is 0.921. The highest BCUT2D eigenvalue weighted by molar-refractivity contribution is 14.0. The number of hydrogen-bond acceptors (Lipinski definition) is 5. The van der Waals surface area contributed by atoms with Crippen LogP contribution in [0.15, 0.2) is 34.2 Å². The number of nitrogens with zero attached hydrogens (tertiary/aromatic N) is 3. The molecule has 2 aliphatic heterocycles. The topological polar surface area (TPSA) is 86.3 Å². The Labute approximate surface area is 191 Å². The van der Waals surface area contributed by atoms with Gasteiger partial charge in [-0.25, -0.2) is 18.1 Å². The number of halogens is 1. The molecule has 0 spiro atoms.